The molecule has 2 aliphatic rings. The molecule has 1 heterocycles. The number of carbonyl (C=O) groups excluding carboxylic acids is 1. The minimum atomic E-state index is -4.46. The van der Waals surface area contributed by atoms with E-state index >= 15 is 0 Å². The van der Waals surface area contributed by atoms with Gasteiger partial charge >= 0.3 is 6.18 Å². The number of hydrogen-bond acceptors (Lipinski definition) is 5. The van der Waals surface area contributed by atoms with Gasteiger partial charge in [0.2, 0.25) is 0 Å². The van der Waals surface area contributed by atoms with Crippen molar-refractivity contribution in [1.82, 2.24) is 9.88 Å². The van der Waals surface area contributed by atoms with Crippen LogP contribution in [0.4, 0.5) is 13.2 Å². The van der Waals surface area contributed by atoms with Crippen LogP contribution in [0.25, 0.3) is 10.4 Å². The van der Waals surface area contributed by atoms with Crippen molar-refractivity contribution in [3.8, 4) is 21.9 Å². The number of nitrogens with zero attached hydrogens (tertiary/aromatic N) is 2. The molecule has 0 bridgehead atoms. The van der Waals surface area contributed by atoms with Crippen LogP contribution in [0.15, 0.2) is 42.5 Å². The summed E-state index contributed by atoms with van der Waals surface area (Å²) < 4.78 is 51.0. The molecule has 5 nitrogen and oxygen atoms in total. The Morgan fingerprint density at radius 1 is 1.05 bits per heavy atom. The highest BCUT2D eigenvalue weighted by Gasteiger charge is 2.35. The van der Waals surface area contributed by atoms with Crippen molar-refractivity contribution in [3.05, 3.63) is 64.3 Å². The number of hydrogen-bond donors (Lipinski definition) is 0. The fourth-order valence-corrected chi connectivity index (χ4v) is 5.58. The second-order valence-electron chi connectivity index (χ2n) is 9.72. The minimum Gasteiger partial charge on any atom is -0.493 e. The van der Waals surface area contributed by atoms with Crippen molar-refractivity contribution in [2.75, 3.05) is 27.3 Å². The van der Waals surface area contributed by atoms with E-state index in [1.54, 1.807) is 20.3 Å². The first-order valence-corrected chi connectivity index (χ1v) is 13.3. The highest BCUT2D eigenvalue weighted by Crippen LogP contribution is 2.46. The van der Waals surface area contributed by atoms with E-state index in [2.05, 4.69) is 0 Å². The molecule has 37 heavy (non-hydrogen) atoms. The Bertz CT molecular complexity index is 1280. The summed E-state index contributed by atoms with van der Waals surface area (Å²) in [6, 6.07) is 10.9. The maximum atomic E-state index is 13.9. The van der Waals surface area contributed by atoms with E-state index in [9.17, 15) is 18.0 Å². The third-order valence-corrected chi connectivity index (χ3v) is 8.07. The standard InChI is InChI=1S/C28H29F3N2O3S/c1-35-22-11-8-17(14-23(22)36-2)12-13-33(16-18-6-7-18)27(34)24-25(37-26(32-24)19-9-10-19)20-4-3-5-21(15-20)28(29,30)31/h3-5,8,11,14-15,18-19H,6-7,9-10,12-13,16H2,1-2H3. The molecule has 2 aliphatic carbocycles. The van der Waals surface area contributed by atoms with Crippen molar-refractivity contribution >= 4 is 17.2 Å². The SMILES string of the molecule is COc1ccc(CCN(CC2CC2)C(=O)c2nc(C3CC3)sc2-c2cccc(C(F)(F)F)c2)cc1OC. The first kappa shape index (κ1) is 25.6. The summed E-state index contributed by atoms with van der Waals surface area (Å²) in [6.07, 6.45) is 0.289. The van der Waals surface area contributed by atoms with Crippen LogP contribution < -0.4 is 9.47 Å². The van der Waals surface area contributed by atoms with Crippen molar-refractivity contribution in [2.24, 2.45) is 5.92 Å². The third kappa shape index (κ3) is 5.92. The lowest BCUT2D eigenvalue weighted by Crippen LogP contribution is -2.35. The quantitative estimate of drug-likeness (QED) is 0.289. The highest BCUT2D eigenvalue weighted by molar-refractivity contribution is 7.15. The number of thiazole rings is 1. The largest absolute Gasteiger partial charge is 0.493 e. The first-order valence-electron chi connectivity index (χ1n) is 12.5. The highest BCUT2D eigenvalue weighted by atomic mass is 32.1. The van der Waals surface area contributed by atoms with E-state index < -0.39 is 11.7 Å². The van der Waals surface area contributed by atoms with Gasteiger partial charge in [-0.3, -0.25) is 4.79 Å². The second-order valence-corrected chi connectivity index (χ2v) is 10.7. The van der Waals surface area contributed by atoms with Crippen molar-refractivity contribution in [2.45, 2.75) is 44.2 Å². The molecule has 0 radical (unpaired) electrons. The smallest absolute Gasteiger partial charge is 0.416 e. The third-order valence-electron chi connectivity index (χ3n) is 6.81. The average Bonchev–Trinajstić information content (AvgIpc) is 3.84. The number of amides is 1. The average molecular weight is 531 g/mol. The predicted octanol–water partition coefficient (Wildman–Crippen LogP) is 6.82. The van der Waals surface area contributed by atoms with Gasteiger partial charge < -0.3 is 14.4 Å². The molecule has 0 atom stereocenters. The number of alkyl halides is 3. The van der Waals surface area contributed by atoms with Gasteiger partial charge in [0.1, 0.15) is 5.69 Å². The Morgan fingerprint density at radius 3 is 2.46 bits per heavy atom. The molecule has 1 aromatic heterocycles. The number of benzene rings is 2. The van der Waals surface area contributed by atoms with Gasteiger partial charge in [0, 0.05) is 19.0 Å². The molecule has 1 amide bonds. The maximum Gasteiger partial charge on any atom is 0.416 e. The molecule has 2 aromatic carbocycles. The van der Waals surface area contributed by atoms with Gasteiger partial charge in [0.15, 0.2) is 11.5 Å². The summed E-state index contributed by atoms with van der Waals surface area (Å²) in [7, 11) is 3.17. The Balaban J connectivity index is 1.44. The molecule has 196 valence electrons. The van der Waals surface area contributed by atoms with E-state index in [1.165, 1.54) is 17.4 Å². The monoisotopic (exact) mass is 530 g/mol. The number of methoxy groups -OCH3 is 2. The number of rotatable bonds is 10. The van der Waals surface area contributed by atoms with E-state index in [0.29, 0.717) is 53.3 Å². The fraction of sp³-hybridized carbons (Fsp3) is 0.429. The summed E-state index contributed by atoms with van der Waals surface area (Å²) in [6.45, 7) is 1.09. The minimum absolute atomic E-state index is 0.220. The molecule has 0 N–H and O–H groups in total. The van der Waals surface area contributed by atoms with Gasteiger partial charge in [-0.1, -0.05) is 18.2 Å². The van der Waals surface area contributed by atoms with Gasteiger partial charge in [0.25, 0.3) is 5.91 Å². The van der Waals surface area contributed by atoms with Crippen LogP contribution in [-0.4, -0.2) is 43.1 Å². The Morgan fingerprint density at radius 2 is 1.81 bits per heavy atom. The van der Waals surface area contributed by atoms with Crippen LogP contribution >= 0.6 is 11.3 Å². The second kappa shape index (κ2) is 10.4. The topological polar surface area (TPSA) is 51.7 Å². The van der Waals surface area contributed by atoms with Gasteiger partial charge in [-0.05, 0) is 73.4 Å². The number of ether oxygens (including phenoxy) is 2. The van der Waals surface area contributed by atoms with E-state index in [-0.39, 0.29) is 11.6 Å². The summed E-state index contributed by atoms with van der Waals surface area (Å²) >= 11 is 1.35. The Labute approximate surface area is 218 Å². The number of carbonyl (C=O) groups is 1. The maximum absolute atomic E-state index is 13.9. The molecule has 0 unspecified atom stereocenters. The summed E-state index contributed by atoms with van der Waals surface area (Å²) in [4.78, 5) is 20.9. The van der Waals surface area contributed by atoms with Crippen LogP contribution in [0.3, 0.4) is 0 Å². The molecule has 2 fully saturated rings. The van der Waals surface area contributed by atoms with Gasteiger partial charge in [-0.2, -0.15) is 13.2 Å². The molecule has 2 saturated carbocycles. The summed E-state index contributed by atoms with van der Waals surface area (Å²) in [5.74, 6) is 1.79. The molecule has 0 saturated heterocycles. The normalized spacial score (nSPS) is 15.5. The van der Waals surface area contributed by atoms with E-state index in [0.717, 1.165) is 48.4 Å². The zero-order valence-electron chi connectivity index (χ0n) is 20.8. The predicted molar refractivity (Wildman–Crippen MR) is 136 cm³/mol. The molecule has 9 heteroatoms. The van der Waals surface area contributed by atoms with Crippen LogP contribution in [0, 0.1) is 5.92 Å². The van der Waals surface area contributed by atoms with E-state index in [1.807, 2.05) is 23.1 Å². The fourth-order valence-electron chi connectivity index (χ4n) is 4.36. The number of aromatic nitrogens is 1. The Kier molecular flexibility index (Phi) is 7.16. The molecular weight excluding hydrogens is 501 g/mol. The summed E-state index contributed by atoms with van der Waals surface area (Å²) in [5.41, 5.74) is 0.919. The molecular formula is C28H29F3N2O3S. The number of halogens is 3. The zero-order valence-corrected chi connectivity index (χ0v) is 21.6. The van der Waals surface area contributed by atoms with Crippen LogP contribution in [0.1, 0.15) is 58.2 Å². The van der Waals surface area contributed by atoms with Crippen molar-refractivity contribution in [1.29, 1.82) is 0 Å². The lowest BCUT2D eigenvalue weighted by molar-refractivity contribution is -0.137. The zero-order chi connectivity index (χ0) is 26.2. The lowest BCUT2D eigenvalue weighted by atomic mass is 10.1. The van der Waals surface area contributed by atoms with Crippen molar-refractivity contribution in [3.63, 3.8) is 0 Å². The van der Waals surface area contributed by atoms with Crippen molar-refractivity contribution < 1.29 is 27.4 Å². The lowest BCUT2D eigenvalue weighted by Gasteiger charge is -2.23. The van der Waals surface area contributed by atoms with Crippen LogP contribution in [0.2, 0.25) is 0 Å². The molecule has 5 rings (SSSR count). The van der Waals surface area contributed by atoms with Gasteiger partial charge in [0.05, 0.1) is 29.7 Å². The molecule has 3 aromatic rings. The van der Waals surface area contributed by atoms with Crippen LogP contribution in [0.5, 0.6) is 11.5 Å². The summed E-state index contributed by atoms with van der Waals surface area (Å²) in [5, 5.41) is 0.835. The van der Waals surface area contributed by atoms with E-state index in [4.69, 9.17) is 14.5 Å². The Hall–Kier alpha value is -3.07. The molecule has 0 spiro atoms. The van der Waals surface area contributed by atoms with Gasteiger partial charge in [-0.15, -0.1) is 11.3 Å². The first-order chi connectivity index (χ1) is 17.8. The molecule has 0 aliphatic heterocycles. The van der Waals surface area contributed by atoms with Gasteiger partial charge in [-0.25, -0.2) is 4.98 Å². The van der Waals surface area contributed by atoms with Crippen LogP contribution in [-0.2, 0) is 12.6 Å².